The van der Waals surface area contributed by atoms with Crippen LogP contribution in [0, 0.1) is 24.2 Å². The fraction of sp³-hybridized carbons (Fsp3) is 0.500. The largest absolute Gasteiger partial charge is 0.392 e. The third kappa shape index (κ3) is 5.56. The molecule has 1 rings (SSSR count). The van der Waals surface area contributed by atoms with E-state index in [0.29, 0.717) is 12.8 Å². The molecule has 92 valence electrons. The number of benzene rings is 1. The second-order valence-electron chi connectivity index (χ2n) is 5.54. The molecular weight excluding hydrogens is 208 g/mol. The summed E-state index contributed by atoms with van der Waals surface area (Å²) < 4.78 is 0. The summed E-state index contributed by atoms with van der Waals surface area (Å²) in [5.41, 5.74) is 2.45. The van der Waals surface area contributed by atoms with Crippen molar-refractivity contribution in [2.45, 2.75) is 46.6 Å². The van der Waals surface area contributed by atoms with Crippen LogP contribution in [0.3, 0.4) is 0 Å². The molecule has 1 unspecified atom stereocenters. The van der Waals surface area contributed by atoms with Crippen molar-refractivity contribution < 1.29 is 5.11 Å². The highest BCUT2D eigenvalue weighted by Crippen LogP contribution is 2.12. The van der Waals surface area contributed by atoms with Gasteiger partial charge >= 0.3 is 0 Å². The summed E-state index contributed by atoms with van der Waals surface area (Å²) in [6.45, 7) is 8.30. The lowest BCUT2D eigenvalue weighted by atomic mass is 9.97. The lowest BCUT2D eigenvalue weighted by molar-refractivity contribution is 0.180. The Hall–Kier alpha value is -1.26. The summed E-state index contributed by atoms with van der Waals surface area (Å²) in [4.78, 5) is 0. The van der Waals surface area contributed by atoms with Crippen LogP contribution >= 0.6 is 0 Å². The second kappa shape index (κ2) is 5.89. The molecule has 0 fully saturated rings. The highest BCUT2D eigenvalue weighted by molar-refractivity contribution is 5.26. The second-order valence-corrected chi connectivity index (χ2v) is 5.54. The van der Waals surface area contributed by atoms with E-state index in [0.717, 1.165) is 0 Å². The average molecular weight is 230 g/mol. The summed E-state index contributed by atoms with van der Waals surface area (Å²) >= 11 is 0. The Labute approximate surface area is 105 Å². The van der Waals surface area contributed by atoms with Gasteiger partial charge in [0.1, 0.15) is 0 Å². The molecule has 0 spiro atoms. The van der Waals surface area contributed by atoms with Crippen LogP contribution in [-0.2, 0) is 6.42 Å². The van der Waals surface area contributed by atoms with Gasteiger partial charge in [0.25, 0.3) is 0 Å². The van der Waals surface area contributed by atoms with E-state index in [-0.39, 0.29) is 11.5 Å². The van der Waals surface area contributed by atoms with E-state index in [9.17, 15) is 5.11 Å². The van der Waals surface area contributed by atoms with Crippen LogP contribution in [0.2, 0.25) is 0 Å². The van der Waals surface area contributed by atoms with E-state index < -0.39 is 0 Å². The van der Waals surface area contributed by atoms with Crippen LogP contribution in [0.25, 0.3) is 0 Å². The quantitative estimate of drug-likeness (QED) is 0.790. The van der Waals surface area contributed by atoms with Gasteiger partial charge in [-0.3, -0.25) is 0 Å². The van der Waals surface area contributed by atoms with E-state index in [4.69, 9.17) is 0 Å². The standard InChI is InChI=1S/C16H22O/c1-13-8-5-6-9-14(13)12-15(17)10-7-11-16(2,3)4/h5-6,8-9,15,17H,10,12H2,1-4H3. The first kappa shape index (κ1) is 13.8. The monoisotopic (exact) mass is 230 g/mol. The molecule has 1 heteroatoms. The molecule has 0 saturated carbocycles. The third-order valence-electron chi connectivity index (χ3n) is 2.52. The maximum absolute atomic E-state index is 9.92. The zero-order valence-corrected chi connectivity index (χ0v) is 11.2. The predicted octanol–water partition coefficient (Wildman–Crippen LogP) is 3.34. The van der Waals surface area contributed by atoms with Gasteiger partial charge in [0.15, 0.2) is 0 Å². The molecule has 1 atom stereocenters. The van der Waals surface area contributed by atoms with Gasteiger partial charge in [0, 0.05) is 11.8 Å². The highest BCUT2D eigenvalue weighted by Gasteiger charge is 2.07. The number of hydrogen-bond acceptors (Lipinski definition) is 1. The summed E-state index contributed by atoms with van der Waals surface area (Å²) in [5.74, 6) is 6.21. The van der Waals surface area contributed by atoms with Gasteiger partial charge in [-0.2, -0.15) is 0 Å². The molecule has 0 aliphatic rings. The maximum atomic E-state index is 9.92. The van der Waals surface area contributed by atoms with Gasteiger partial charge in [-0.15, -0.1) is 5.92 Å². The molecule has 0 bridgehead atoms. The van der Waals surface area contributed by atoms with Crippen molar-refractivity contribution in [3.8, 4) is 11.8 Å². The zero-order valence-electron chi connectivity index (χ0n) is 11.2. The molecule has 0 radical (unpaired) electrons. The van der Waals surface area contributed by atoms with Crippen molar-refractivity contribution in [1.82, 2.24) is 0 Å². The number of rotatable bonds is 3. The van der Waals surface area contributed by atoms with Gasteiger partial charge in [0.05, 0.1) is 6.10 Å². The van der Waals surface area contributed by atoms with Gasteiger partial charge in [-0.25, -0.2) is 0 Å². The van der Waals surface area contributed by atoms with Crippen molar-refractivity contribution >= 4 is 0 Å². The SMILES string of the molecule is Cc1ccccc1CC(O)CC#CC(C)(C)C. The number of aliphatic hydroxyl groups is 1. The molecule has 1 aromatic rings. The smallest absolute Gasteiger partial charge is 0.0689 e. The first-order valence-corrected chi connectivity index (χ1v) is 6.11. The van der Waals surface area contributed by atoms with Crippen LogP contribution in [-0.4, -0.2) is 11.2 Å². The molecular formula is C16H22O. The number of aryl methyl sites for hydroxylation is 1. The predicted molar refractivity (Wildman–Crippen MR) is 72.7 cm³/mol. The van der Waals surface area contributed by atoms with E-state index >= 15 is 0 Å². The molecule has 17 heavy (non-hydrogen) atoms. The van der Waals surface area contributed by atoms with Crippen molar-refractivity contribution in [3.63, 3.8) is 0 Å². The Morgan fingerprint density at radius 1 is 1.24 bits per heavy atom. The van der Waals surface area contributed by atoms with E-state index in [1.54, 1.807) is 0 Å². The van der Waals surface area contributed by atoms with Crippen molar-refractivity contribution in [2.75, 3.05) is 0 Å². The lowest BCUT2D eigenvalue weighted by Gasteiger charge is -2.10. The molecule has 0 aliphatic heterocycles. The Morgan fingerprint density at radius 2 is 1.88 bits per heavy atom. The number of hydrogen-bond donors (Lipinski definition) is 1. The molecule has 1 nitrogen and oxygen atoms in total. The van der Waals surface area contributed by atoms with E-state index in [1.807, 2.05) is 12.1 Å². The van der Waals surface area contributed by atoms with Crippen LogP contribution < -0.4 is 0 Å². The summed E-state index contributed by atoms with van der Waals surface area (Å²) in [5, 5.41) is 9.92. The average Bonchev–Trinajstić information content (AvgIpc) is 2.19. The van der Waals surface area contributed by atoms with Crippen LogP contribution in [0.1, 0.15) is 38.3 Å². The summed E-state index contributed by atoms with van der Waals surface area (Å²) in [7, 11) is 0. The highest BCUT2D eigenvalue weighted by atomic mass is 16.3. The minimum atomic E-state index is -0.369. The van der Waals surface area contributed by atoms with Crippen LogP contribution in [0.4, 0.5) is 0 Å². The van der Waals surface area contributed by atoms with Crippen molar-refractivity contribution in [3.05, 3.63) is 35.4 Å². The van der Waals surface area contributed by atoms with Gasteiger partial charge < -0.3 is 5.11 Å². The van der Waals surface area contributed by atoms with E-state index in [1.165, 1.54) is 11.1 Å². The topological polar surface area (TPSA) is 20.2 Å². The fourth-order valence-electron chi connectivity index (χ4n) is 1.60. The summed E-state index contributed by atoms with van der Waals surface area (Å²) in [6, 6.07) is 8.17. The minimum Gasteiger partial charge on any atom is -0.392 e. The lowest BCUT2D eigenvalue weighted by Crippen LogP contribution is -2.10. The molecule has 0 heterocycles. The number of aliphatic hydroxyl groups excluding tert-OH is 1. The summed E-state index contributed by atoms with van der Waals surface area (Å²) in [6.07, 6.45) is 0.864. The Kier molecular flexibility index (Phi) is 4.78. The molecule has 0 aromatic heterocycles. The Morgan fingerprint density at radius 3 is 2.47 bits per heavy atom. The minimum absolute atomic E-state index is 0.0163. The van der Waals surface area contributed by atoms with Gasteiger partial charge in [0.2, 0.25) is 0 Å². The van der Waals surface area contributed by atoms with Gasteiger partial charge in [-0.05, 0) is 45.2 Å². The van der Waals surface area contributed by atoms with Gasteiger partial charge in [-0.1, -0.05) is 30.2 Å². The molecule has 0 saturated heterocycles. The van der Waals surface area contributed by atoms with Crippen molar-refractivity contribution in [2.24, 2.45) is 5.41 Å². The molecule has 1 N–H and O–H groups in total. The Balaban J connectivity index is 2.53. The zero-order chi connectivity index (χ0) is 12.9. The molecule has 1 aromatic carbocycles. The normalized spacial score (nSPS) is 12.8. The van der Waals surface area contributed by atoms with E-state index in [2.05, 4.69) is 51.7 Å². The van der Waals surface area contributed by atoms with Crippen LogP contribution in [0.15, 0.2) is 24.3 Å². The fourth-order valence-corrected chi connectivity index (χ4v) is 1.60. The Bertz CT molecular complexity index is 415. The van der Waals surface area contributed by atoms with Crippen LogP contribution in [0.5, 0.6) is 0 Å². The maximum Gasteiger partial charge on any atom is 0.0689 e. The van der Waals surface area contributed by atoms with Crippen molar-refractivity contribution in [1.29, 1.82) is 0 Å². The molecule has 0 aliphatic carbocycles. The first-order valence-electron chi connectivity index (χ1n) is 6.11. The first-order chi connectivity index (χ1) is 7.88. The molecule has 0 amide bonds. The third-order valence-corrected chi connectivity index (χ3v) is 2.52.